The molecule has 1 saturated heterocycles. The van der Waals surface area contributed by atoms with Crippen molar-refractivity contribution in [1.82, 2.24) is 15.1 Å². The number of likely N-dealkylation sites (tertiary alicyclic amines) is 1. The Kier molecular flexibility index (Phi) is 6.08. The SMILES string of the molecule is Cc1ccc2cc1Oc1cccc(c1)CO[C@H]1CN(CC3CC3)C[C@@H]1NC(=O)CN(C)C2=O. The molecule has 0 aromatic heterocycles. The first kappa shape index (κ1) is 21.9. The number of ether oxygens (including phenoxy) is 2. The van der Waals surface area contributed by atoms with E-state index in [4.69, 9.17) is 9.47 Å². The van der Waals surface area contributed by atoms with E-state index < -0.39 is 0 Å². The third-order valence-electron chi connectivity index (χ3n) is 6.65. The number of carbonyl (C=O) groups excluding carboxylic acids is 2. The van der Waals surface area contributed by atoms with Crippen molar-refractivity contribution < 1.29 is 19.1 Å². The van der Waals surface area contributed by atoms with E-state index in [1.54, 1.807) is 19.2 Å². The van der Waals surface area contributed by atoms with Crippen LogP contribution in [-0.2, 0) is 16.1 Å². The first-order valence-electron chi connectivity index (χ1n) is 11.7. The summed E-state index contributed by atoms with van der Waals surface area (Å²) in [6.45, 7) is 5.02. The summed E-state index contributed by atoms with van der Waals surface area (Å²) >= 11 is 0. The van der Waals surface area contributed by atoms with Crippen LogP contribution in [0.15, 0.2) is 42.5 Å². The maximum atomic E-state index is 13.0. The molecule has 3 aliphatic rings. The second kappa shape index (κ2) is 9.15. The molecule has 1 aliphatic carbocycles. The minimum Gasteiger partial charge on any atom is -0.457 e. The van der Waals surface area contributed by atoms with Crippen molar-refractivity contribution in [2.24, 2.45) is 5.92 Å². The van der Waals surface area contributed by atoms with E-state index in [0.717, 1.165) is 36.7 Å². The number of amides is 2. The highest BCUT2D eigenvalue weighted by Crippen LogP contribution is 2.32. The lowest BCUT2D eigenvalue weighted by Crippen LogP contribution is -2.48. The van der Waals surface area contributed by atoms with Crippen LogP contribution in [-0.4, -0.2) is 67.0 Å². The number of hydrogen-bond acceptors (Lipinski definition) is 5. The lowest BCUT2D eigenvalue weighted by Gasteiger charge is -2.23. The summed E-state index contributed by atoms with van der Waals surface area (Å²) in [4.78, 5) is 29.7. The molecule has 7 nitrogen and oxygen atoms in total. The van der Waals surface area contributed by atoms with Gasteiger partial charge in [0, 0.05) is 32.2 Å². The molecule has 0 radical (unpaired) electrons. The Balaban J connectivity index is 1.42. The Bertz CT molecular complexity index is 1050. The standard InChI is InChI=1S/C26H31N3O4/c1-17-6-9-20-11-23(17)33-21-5-3-4-19(10-21)16-32-24-14-29(12-18-7-8-18)13-22(24)27-25(30)15-28(2)26(20)31/h3-6,9-11,18,22,24H,7-8,12-16H2,1-2H3,(H,27,30)/t22-,24-/m0/s1. The normalized spacial score (nSPS) is 24.2. The lowest BCUT2D eigenvalue weighted by molar-refractivity contribution is -0.123. The molecule has 1 N–H and O–H groups in total. The van der Waals surface area contributed by atoms with Crippen LogP contribution in [0.25, 0.3) is 0 Å². The van der Waals surface area contributed by atoms with E-state index in [0.29, 0.717) is 23.7 Å². The molecular formula is C26H31N3O4. The molecule has 2 aromatic rings. The van der Waals surface area contributed by atoms with Crippen LogP contribution < -0.4 is 10.1 Å². The second-order valence-corrected chi connectivity index (χ2v) is 9.58. The van der Waals surface area contributed by atoms with Crippen LogP contribution in [0.5, 0.6) is 11.5 Å². The average Bonchev–Trinajstić information content (AvgIpc) is 3.52. The van der Waals surface area contributed by atoms with Gasteiger partial charge in [0.05, 0.1) is 25.3 Å². The molecule has 33 heavy (non-hydrogen) atoms. The van der Waals surface area contributed by atoms with E-state index in [-0.39, 0.29) is 30.5 Å². The summed E-state index contributed by atoms with van der Waals surface area (Å²) in [7, 11) is 1.65. The first-order valence-corrected chi connectivity index (χ1v) is 11.7. The largest absolute Gasteiger partial charge is 0.457 e. The third kappa shape index (κ3) is 5.20. The average molecular weight is 450 g/mol. The van der Waals surface area contributed by atoms with Gasteiger partial charge in [-0.25, -0.2) is 0 Å². The molecule has 0 spiro atoms. The predicted octanol–water partition coefficient (Wildman–Crippen LogP) is 2.97. The first-order chi connectivity index (χ1) is 15.9. The summed E-state index contributed by atoms with van der Waals surface area (Å²) in [5.74, 6) is 1.71. The fraction of sp³-hybridized carbons (Fsp3) is 0.462. The monoisotopic (exact) mass is 449 g/mol. The van der Waals surface area contributed by atoms with Gasteiger partial charge in [-0.2, -0.15) is 0 Å². The van der Waals surface area contributed by atoms with Crippen molar-refractivity contribution in [3.63, 3.8) is 0 Å². The number of carbonyl (C=O) groups is 2. The van der Waals surface area contributed by atoms with Gasteiger partial charge in [0.25, 0.3) is 5.91 Å². The van der Waals surface area contributed by atoms with E-state index >= 15 is 0 Å². The molecule has 2 aliphatic heterocycles. The quantitative estimate of drug-likeness (QED) is 0.763. The summed E-state index contributed by atoms with van der Waals surface area (Å²) in [5, 5.41) is 3.13. The molecule has 7 heteroatoms. The summed E-state index contributed by atoms with van der Waals surface area (Å²) < 4.78 is 12.4. The molecule has 1 saturated carbocycles. The summed E-state index contributed by atoms with van der Waals surface area (Å²) in [6.07, 6.45) is 2.49. The van der Waals surface area contributed by atoms with Crippen molar-refractivity contribution in [3.05, 3.63) is 59.2 Å². The van der Waals surface area contributed by atoms with Gasteiger partial charge in [0.2, 0.25) is 5.91 Å². The number of rotatable bonds is 2. The van der Waals surface area contributed by atoms with Gasteiger partial charge in [-0.15, -0.1) is 0 Å². The number of aryl methyl sites for hydroxylation is 1. The van der Waals surface area contributed by atoms with Gasteiger partial charge >= 0.3 is 0 Å². The van der Waals surface area contributed by atoms with Crippen LogP contribution in [0.2, 0.25) is 0 Å². The molecule has 2 heterocycles. The van der Waals surface area contributed by atoms with Crippen LogP contribution in [0.4, 0.5) is 0 Å². The zero-order valence-corrected chi connectivity index (χ0v) is 19.3. The van der Waals surface area contributed by atoms with Crippen molar-refractivity contribution in [2.75, 3.05) is 33.2 Å². The highest BCUT2D eigenvalue weighted by molar-refractivity contribution is 5.96. The van der Waals surface area contributed by atoms with Crippen molar-refractivity contribution >= 4 is 11.8 Å². The number of nitrogens with one attached hydrogen (secondary N) is 1. The number of fused-ring (bicyclic) bond motifs is 5. The maximum absolute atomic E-state index is 13.0. The maximum Gasteiger partial charge on any atom is 0.254 e. The molecule has 2 aromatic carbocycles. The minimum atomic E-state index is -0.217. The molecule has 2 fully saturated rings. The highest BCUT2D eigenvalue weighted by Gasteiger charge is 2.37. The smallest absolute Gasteiger partial charge is 0.254 e. The predicted molar refractivity (Wildman–Crippen MR) is 124 cm³/mol. The Labute approximate surface area is 194 Å². The zero-order chi connectivity index (χ0) is 22.9. The summed E-state index contributed by atoms with van der Waals surface area (Å²) in [5.41, 5.74) is 2.43. The Morgan fingerprint density at radius 1 is 1.09 bits per heavy atom. The number of hydrogen-bond donors (Lipinski definition) is 1. The van der Waals surface area contributed by atoms with Crippen molar-refractivity contribution in [3.8, 4) is 11.5 Å². The van der Waals surface area contributed by atoms with E-state index in [1.165, 1.54) is 17.7 Å². The van der Waals surface area contributed by atoms with E-state index in [1.807, 2.05) is 37.3 Å². The van der Waals surface area contributed by atoms with Gasteiger partial charge in [-0.3, -0.25) is 14.5 Å². The molecule has 4 bridgehead atoms. The third-order valence-corrected chi connectivity index (χ3v) is 6.65. The minimum absolute atomic E-state index is 0.00616. The zero-order valence-electron chi connectivity index (χ0n) is 19.3. The van der Waals surface area contributed by atoms with Gasteiger partial charge in [-0.05, 0) is 61.1 Å². The lowest BCUT2D eigenvalue weighted by atomic mass is 10.1. The topological polar surface area (TPSA) is 71.1 Å². The number of likely N-dealkylation sites (N-methyl/N-ethyl adjacent to an activating group) is 1. The van der Waals surface area contributed by atoms with Crippen LogP contribution in [0, 0.1) is 12.8 Å². The Morgan fingerprint density at radius 2 is 1.94 bits per heavy atom. The number of nitrogens with zero attached hydrogens (tertiary/aromatic N) is 2. The number of benzene rings is 2. The molecular weight excluding hydrogens is 418 g/mol. The molecule has 0 unspecified atom stereocenters. The molecule has 5 rings (SSSR count). The fourth-order valence-corrected chi connectivity index (χ4v) is 4.61. The molecule has 2 amide bonds. The Morgan fingerprint density at radius 3 is 2.76 bits per heavy atom. The highest BCUT2D eigenvalue weighted by atomic mass is 16.5. The summed E-state index contributed by atoms with van der Waals surface area (Å²) in [6, 6.07) is 13.1. The van der Waals surface area contributed by atoms with Crippen LogP contribution in [0.3, 0.4) is 0 Å². The van der Waals surface area contributed by atoms with Gasteiger partial charge in [0.1, 0.15) is 11.5 Å². The second-order valence-electron chi connectivity index (χ2n) is 9.58. The van der Waals surface area contributed by atoms with E-state index in [9.17, 15) is 9.59 Å². The molecule has 174 valence electrons. The van der Waals surface area contributed by atoms with E-state index in [2.05, 4.69) is 10.2 Å². The Hall–Kier alpha value is -2.90. The molecule has 2 atom stereocenters. The van der Waals surface area contributed by atoms with Gasteiger partial charge < -0.3 is 19.7 Å². The van der Waals surface area contributed by atoms with Crippen LogP contribution >= 0.6 is 0 Å². The van der Waals surface area contributed by atoms with Gasteiger partial charge in [-0.1, -0.05) is 18.2 Å². The fourth-order valence-electron chi connectivity index (χ4n) is 4.61. The van der Waals surface area contributed by atoms with Crippen molar-refractivity contribution in [2.45, 2.75) is 38.5 Å². The van der Waals surface area contributed by atoms with Gasteiger partial charge in [0.15, 0.2) is 0 Å². The van der Waals surface area contributed by atoms with Crippen molar-refractivity contribution in [1.29, 1.82) is 0 Å². The van der Waals surface area contributed by atoms with Crippen LogP contribution in [0.1, 0.15) is 34.3 Å².